The highest BCUT2D eigenvalue weighted by molar-refractivity contribution is 5.94. The monoisotopic (exact) mass is 229 g/mol. The molecule has 5 heteroatoms. The Bertz CT molecular complexity index is 532. The van der Waals surface area contributed by atoms with E-state index in [9.17, 15) is 4.79 Å². The number of aryl methyl sites for hydroxylation is 1. The summed E-state index contributed by atoms with van der Waals surface area (Å²) < 4.78 is 5.03. The minimum absolute atomic E-state index is 0.279. The van der Waals surface area contributed by atoms with Gasteiger partial charge in [-0.25, -0.2) is 5.43 Å². The van der Waals surface area contributed by atoms with E-state index < -0.39 is 0 Å². The lowest BCUT2D eigenvalue weighted by atomic mass is 10.2. The van der Waals surface area contributed by atoms with E-state index in [1.165, 1.54) is 12.5 Å². The second-order valence-corrected chi connectivity index (χ2v) is 3.40. The fourth-order valence-corrected chi connectivity index (χ4v) is 1.27. The molecular weight excluding hydrogens is 218 g/mol. The van der Waals surface area contributed by atoms with Crippen LogP contribution in [0.4, 0.5) is 0 Å². The van der Waals surface area contributed by atoms with Crippen molar-refractivity contribution in [3.63, 3.8) is 0 Å². The molecule has 2 heterocycles. The lowest BCUT2D eigenvalue weighted by Crippen LogP contribution is -2.17. The largest absolute Gasteiger partial charge is 0.463 e. The van der Waals surface area contributed by atoms with Gasteiger partial charge in [0.25, 0.3) is 5.91 Å². The van der Waals surface area contributed by atoms with E-state index in [0.29, 0.717) is 11.3 Å². The molecule has 0 saturated carbocycles. The first-order valence-corrected chi connectivity index (χ1v) is 5.05. The van der Waals surface area contributed by atoms with E-state index in [1.54, 1.807) is 30.5 Å². The molecule has 1 N–H and O–H groups in total. The van der Waals surface area contributed by atoms with Gasteiger partial charge in [0, 0.05) is 17.5 Å². The Kier molecular flexibility index (Phi) is 3.30. The Morgan fingerprint density at radius 1 is 1.53 bits per heavy atom. The lowest BCUT2D eigenvalue weighted by molar-refractivity contribution is 0.0955. The summed E-state index contributed by atoms with van der Waals surface area (Å²) in [6.07, 6.45) is 4.56. The van der Waals surface area contributed by atoms with Gasteiger partial charge in [0.1, 0.15) is 5.76 Å². The minimum atomic E-state index is -0.279. The maximum absolute atomic E-state index is 11.6. The van der Waals surface area contributed by atoms with Crippen LogP contribution in [0.3, 0.4) is 0 Å². The third-order valence-electron chi connectivity index (χ3n) is 2.06. The Labute approximate surface area is 98.2 Å². The molecule has 0 radical (unpaired) electrons. The van der Waals surface area contributed by atoms with Crippen LogP contribution in [-0.4, -0.2) is 17.1 Å². The summed E-state index contributed by atoms with van der Waals surface area (Å²) in [4.78, 5) is 15.7. The van der Waals surface area contributed by atoms with Crippen LogP contribution in [0, 0.1) is 6.92 Å². The zero-order valence-electron chi connectivity index (χ0n) is 9.25. The number of hydrazone groups is 1. The fraction of sp³-hybridized carbons (Fsp3) is 0.0833. The average molecular weight is 229 g/mol. The summed E-state index contributed by atoms with van der Waals surface area (Å²) >= 11 is 0. The van der Waals surface area contributed by atoms with E-state index in [4.69, 9.17) is 4.42 Å². The molecule has 2 rings (SSSR count). The lowest BCUT2D eigenvalue weighted by Gasteiger charge is -1.99. The second-order valence-electron chi connectivity index (χ2n) is 3.40. The molecule has 0 atom stereocenters. The van der Waals surface area contributed by atoms with Gasteiger partial charge in [-0.15, -0.1) is 0 Å². The summed E-state index contributed by atoms with van der Waals surface area (Å²) in [7, 11) is 0. The number of amides is 1. The second kappa shape index (κ2) is 5.07. The van der Waals surface area contributed by atoms with Gasteiger partial charge in [0.2, 0.25) is 0 Å². The quantitative estimate of drug-likeness (QED) is 0.644. The van der Waals surface area contributed by atoms with E-state index >= 15 is 0 Å². The van der Waals surface area contributed by atoms with Crippen molar-refractivity contribution in [2.45, 2.75) is 6.92 Å². The molecule has 0 fully saturated rings. The molecular formula is C12H11N3O2. The van der Waals surface area contributed by atoms with Crippen LogP contribution in [0.5, 0.6) is 0 Å². The van der Waals surface area contributed by atoms with Crippen LogP contribution in [-0.2, 0) is 0 Å². The molecule has 0 aliphatic rings. The Balaban J connectivity index is 1.98. The first-order chi connectivity index (χ1) is 8.25. The molecule has 0 bridgehead atoms. The van der Waals surface area contributed by atoms with Crippen molar-refractivity contribution in [1.82, 2.24) is 10.4 Å². The van der Waals surface area contributed by atoms with Crippen molar-refractivity contribution in [2.75, 3.05) is 0 Å². The summed E-state index contributed by atoms with van der Waals surface area (Å²) in [5.41, 5.74) is 3.71. The van der Waals surface area contributed by atoms with Crippen molar-refractivity contribution in [2.24, 2.45) is 5.10 Å². The van der Waals surface area contributed by atoms with Crippen LogP contribution in [0.15, 0.2) is 46.2 Å². The maximum atomic E-state index is 11.6. The molecule has 5 nitrogen and oxygen atoms in total. The van der Waals surface area contributed by atoms with Gasteiger partial charge < -0.3 is 4.42 Å². The highest BCUT2D eigenvalue weighted by Gasteiger charge is 2.03. The SMILES string of the molecule is Cc1cc(C(=O)NN=Cc2ccco2)ccn1. The van der Waals surface area contributed by atoms with Crippen molar-refractivity contribution in [1.29, 1.82) is 0 Å². The Morgan fingerprint density at radius 2 is 2.41 bits per heavy atom. The summed E-state index contributed by atoms with van der Waals surface area (Å²) in [6, 6.07) is 6.81. The molecule has 0 spiro atoms. The van der Waals surface area contributed by atoms with E-state index in [2.05, 4.69) is 15.5 Å². The van der Waals surface area contributed by atoms with E-state index in [0.717, 1.165) is 5.69 Å². The Morgan fingerprint density at radius 3 is 3.12 bits per heavy atom. The topological polar surface area (TPSA) is 67.5 Å². The van der Waals surface area contributed by atoms with Gasteiger partial charge in [0.15, 0.2) is 0 Å². The molecule has 2 aromatic rings. The molecule has 0 aliphatic heterocycles. The predicted octanol–water partition coefficient (Wildman–Crippen LogP) is 1.75. The highest BCUT2D eigenvalue weighted by atomic mass is 16.3. The smallest absolute Gasteiger partial charge is 0.271 e. The molecule has 0 unspecified atom stereocenters. The Hall–Kier alpha value is -2.43. The van der Waals surface area contributed by atoms with Crippen molar-refractivity contribution < 1.29 is 9.21 Å². The molecule has 17 heavy (non-hydrogen) atoms. The summed E-state index contributed by atoms with van der Waals surface area (Å²) in [6.45, 7) is 1.82. The first kappa shape index (κ1) is 11.1. The molecule has 0 aliphatic carbocycles. The van der Waals surface area contributed by atoms with Gasteiger partial charge >= 0.3 is 0 Å². The number of carbonyl (C=O) groups is 1. The van der Waals surface area contributed by atoms with E-state index in [-0.39, 0.29) is 5.91 Å². The van der Waals surface area contributed by atoms with Crippen LogP contribution in [0.2, 0.25) is 0 Å². The van der Waals surface area contributed by atoms with E-state index in [1.807, 2.05) is 6.92 Å². The number of nitrogens with zero attached hydrogens (tertiary/aromatic N) is 2. The summed E-state index contributed by atoms with van der Waals surface area (Å²) in [5.74, 6) is 0.300. The average Bonchev–Trinajstić information content (AvgIpc) is 2.82. The molecule has 0 saturated heterocycles. The molecule has 86 valence electrons. The number of hydrogen-bond donors (Lipinski definition) is 1. The molecule has 1 amide bonds. The van der Waals surface area contributed by atoms with Crippen LogP contribution < -0.4 is 5.43 Å². The van der Waals surface area contributed by atoms with Gasteiger partial charge in [-0.2, -0.15) is 5.10 Å². The van der Waals surface area contributed by atoms with Gasteiger partial charge in [-0.05, 0) is 31.2 Å². The number of hydrogen-bond acceptors (Lipinski definition) is 4. The standard InChI is InChI=1S/C12H11N3O2/c1-9-7-10(4-5-13-9)12(16)15-14-8-11-3-2-6-17-11/h2-8H,1H3,(H,15,16). The van der Waals surface area contributed by atoms with Gasteiger partial charge in [-0.1, -0.05) is 0 Å². The zero-order chi connectivity index (χ0) is 12.1. The third kappa shape index (κ3) is 3.01. The van der Waals surface area contributed by atoms with Crippen LogP contribution in [0.1, 0.15) is 21.8 Å². The van der Waals surface area contributed by atoms with Gasteiger partial charge in [0.05, 0.1) is 12.5 Å². The summed E-state index contributed by atoms with van der Waals surface area (Å²) in [5, 5.41) is 3.78. The number of nitrogens with one attached hydrogen (secondary N) is 1. The maximum Gasteiger partial charge on any atom is 0.271 e. The highest BCUT2D eigenvalue weighted by Crippen LogP contribution is 2.00. The molecule has 2 aromatic heterocycles. The van der Waals surface area contributed by atoms with Crippen molar-refractivity contribution in [3.05, 3.63) is 53.7 Å². The normalized spacial score (nSPS) is 10.6. The third-order valence-corrected chi connectivity index (χ3v) is 2.06. The minimum Gasteiger partial charge on any atom is -0.463 e. The van der Waals surface area contributed by atoms with Gasteiger partial charge in [-0.3, -0.25) is 9.78 Å². The number of furan rings is 1. The number of carbonyl (C=O) groups excluding carboxylic acids is 1. The number of pyridine rings is 1. The fourth-order valence-electron chi connectivity index (χ4n) is 1.27. The first-order valence-electron chi connectivity index (χ1n) is 5.05. The predicted molar refractivity (Wildman–Crippen MR) is 62.7 cm³/mol. The number of aromatic nitrogens is 1. The molecule has 0 aromatic carbocycles. The number of rotatable bonds is 3. The van der Waals surface area contributed by atoms with Crippen molar-refractivity contribution >= 4 is 12.1 Å². The van der Waals surface area contributed by atoms with Crippen LogP contribution >= 0.6 is 0 Å². The van der Waals surface area contributed by atoms with Crippen molar-refractivity contribution in [3.8, 4) is 0 Å². The zero-order valence-corrected chi connectivity index (χ0v) is 9.25. The van der Waals surface area contributed by atoms with Crippen LogP contribution in [0.25, 0.3) is 0 Å².